The number of rotatable bonds is 3. The third-order valence-electron chi connectivity index (χ3n) is 3.00. The molecule has 6 heteroatoms. The normalized spacial score (nSPS) is 13.0. The van der Waals surface area contributed by atoms with Crippen molar-refractivity contribution in [2.75, 3.05) is 5.32 Å². The summed E-state index contributed by atoms with van der Waals surface area (Å²) in [5, 5.41) is 2.74. The molecule has 2 aromatic carbocycles. The molecule has 1 N–H and O–H groups in total. The summed E-state index contributed by atoms with van der Waals surface area (Å²) in [7, 11) is 0. The lowest BCUT2D eigenvalue weighted by atomic mass is 10.1. The van der Waals surface area contributed by atoms with Crippen LogP contribution in [0.25, 0.3) is 0 Å². The Morgan fingerprint density at radius 2 is 1.86 bits per heavy atom. The van der Waals surface area contributed by atoms with Crippen LogP contribution in [0.4, 0.5) is 18.9 Å². The zero-order valence-electron chi connectivity index (χ0n) is 11.0. The summed E-state index contributed by atoms with van der Waals surface area (Å²) in [6.07, 6.45) is -4.46. The van der Waals surface area contributed by atoms with E-state index in [9.17, 15) is 13.2 Å². The molecular weight excluding hydrogens is 367 g/mol. The number of anilines is 1. The lowest BCUT2D eigenvalue weighted by molar-refractivity contribution is -0.137. The van der Waals surface area contributed by atoms with Gasteiger partial charge in [-0.05, 0) is 42.8 Å². The summed E-state index contributed by atoms with van der Waals surface area (Å²) in [5.41, 5.74) is 0.502. The number of nitrogens with one attached hydrogen (secondary N) is 1. The van der Waals surface area contributed by atoms with Gasteiger partial charge in [-0.2, -0.15) is 13.2 Å². The standard InChI is InChI=1S/C15H12BrClF3N/c1-9(10-3-2-4-11(16)7-10)21-12-5-6-14(17)13(8-12)15(18,19)20/h2-9,21H,1H3. The fraction of sp³-hybridized carbons (Fsp3) is 0.200. The number of halogens is 5. The van der Waals surface area contributed by atoms with Gasteiger partial charge in [0.1, 0.15) is 0 Å². The minimum atomic E-state index is -4.46. The average molecular weight is 379 g/mol. The maximum absolute atomic E-state index is 12.8. The van der Waals surface area contributed by atoms with Gasteiger partial charge >= 0.3 is 6.18 Å². The van der Waals surface area contributed by atoms with Gasteiger partial charge in [0.15, 0.2) is 0 Å². The third kappa shape index (κ3) is 4.14. The van der Waals surface area contributed by atoms with Gasteiger partial charge < -0.3 is 5.32 Å². The Labute approximate surface area is 134 Å². The summed E-state index contributed by atoms with van der Waals surface area (Å²) in [6, 6.07) is 11.3. The van der Waals surface area contributed by atoms with Gasteiger partial charge in [-0.25, -0.2) is 0 Å². The lowest BCUT2D eigenvalue weighted by Crippen LogP contribution is -2.10. The number of benzene rings is 2. The van der Waals surface area contributed by atoms with Gasteiger partial charge in [0.25, 0.3) is 0 Å². The topological polar surface area (TPSA) is 12.0 Å². The predicted molar refractivity (Wildman–Crippen MR) is 82.6 cm³/mol. The van der Waals surface area contributed by atoms with Crippen LogP contribution in [0.5, 0.6) is 0 Å². The zero-order chi connectivity index (χ0) is 15.6. The molecule has 0 spiro atoms. The van der Waals surface area contributed by atoms with Crippen LogP contribution >= 0.6 is 27.5 Å². The van der Waals surface area contributed by atoms with Crippen LogP contribution in [0.2, 0.25) is 5.02 Å². The zero-order valence-corrected chi connectivity index (χ0v) is 13.4. The van der Waals surface area contributed by atoms with Crippen LogP contribution < -0.4 is 5.32 Å². The molecule has 1 unspecified atom stereocenters. The molecule has 0 saturated carbocycles. The first kappa shape index (κ1) is 16.2. The second-order valence-electron chi connectivity index (χ2n) is 4.61. The van der Waals surface area contributed by atoms with E-state index in [0.717, 1.165) is 16.1 Å². The van der Waals surface area contributed by atoms with Crippen molar-refractivity contribution < 1.29 is 13.2 Å². The molecule has 0 saturated heterocycles. The molecule has 0 heterocycles. The first-order valence-corrected chi connectivity index (χ1v) is 7.33. The van der Waals surface area contributed by atoms with Crippen molar-refractivity contribution in [2.24, 2.45) is 0 Å². The monoisotopic (exact) mass is 377 g/mol. The van der Waals surface area contributed by atoms with E-state index in [0.29, 0.717) is 5.69 Å². The molecule has 0 amide bonds. The first-order valence-electron chi connectivity index (χ1n) is 6.16. The molecule has 0 aromatic heterocycles. The Hall–Kier alpha value is -1.20. The number of alkyl halides is 3. The minimum absolute atomic E-state index is 0.134. The first-order chi connectivity index (χ1) is 9.77. The fourth-order valence-electron chi connectivity index (χ4n) is 1.94. The highest BCUT2D eigenvalue weighted by Gasteiger charge is 2.33. The summed E-state index contributed by atoms with van der Waals surface area (Å²) >= 11 is 8.97. The highest BCUT2D eigenvalue weighted by atomic mass is 79.9. The molecule has 0 aliphatic carbocycles. The highest BCUT2D eigenvalue weighted by Crippen LogP contribution is 2.36. The maximum atomic E-state index is 12.8. The number of hydrogen-bond donors (Lipinski definition) is 1. The van der Waals surface area contributed by atoms with Gasteiger partial charge in [0.2, 0.25) is 0 Å². The van der Waals surface area contributed by atoms with Gasteiger partial charge in [-0.15, -0.1) is 0 Å². The van der Waals surface area contributed by atoms with Crippen LogP contribution in [0.1, 0.15) is 24.1 Å². The molecule has 1 nitrogen and oxygen atoms in total. The number of hydrogen-bond acceptors (Lipinski definition) is 1. The largest absolute Gasteiger partial charge is 0.417 e. The Morgan fingerprint density at radius 1 is 1.14 bits per heavy atom. The van der Waals surface area contributed by atoms with Crippen molar-refractivity contribution in [1.82, 2.24) is 0 Å². The van der Waals surface area contributed by atoms with Crippen molar-refractivity contribution in [3.63, 3.8) is 0 Å². The molecule has 0 aliphatic rings. The molecule has 0 fully saturated rings. The molecule has 1 atom stereocenters. The predicted octanol–water partition coefficient (Wildman–Crippen LogP) is 6.29. The second-order valence-corrected chi connectivity index (χ2v) is 5.94. The Kier molecular flexibility index (Phi) is 4.84. The van der Waals surface area contributed by atoms with E-state index in [-0.39, 0.29) is 11.1 Å². The Bertz CT molecular complexity index is 643. The molecule has 0 bridgehead atoms. The molecule has 0 aliphatic heterocycles. The Balaban J connectivity index is 2.24. The summed E-state index contributed by atoms with van der Waals surface area (Å²) in [5.74, 6) is 0. The van der Waals surface area contributed by atoms with E-state index in [1.54, 1.807) is 0 Å². The van der Waals surface area contributed by atoms with Crippen LogP contribution in [-0.4, -0.2) is 0 Å². The van der Waals surface area contributed by atoms with Crippen LogP contribution in [-0.2, 0) is 6.18 Å². The van der Waals surface area contributed by atoms with Crippen molar-refractivity contribution in [3.8, 4) is 0 Å². The van der Waals surface area contributed by atoms with Gasteiger partial charge in [-0.3, -0.25) is 0 Å². The quantitative estimate of drug-likeness (QED) is 0.661. The molecule has 0 radical (unpaired) electrons. The molecule has 112 valence electrons. The summed E-state index contributed by atoms with van der Waals surface area (Å²) < 4.78 is 39.4. The van der Waals surface area contributed by atoms with Crippen LogP contribution in [0.3, 0.4) is 0 Å². The van der Waals surface area contributed by atoms with Crippen molar-refractivity contribution >= 4 is 33.2 Å². The fourth-order valence-corrected chi connectivity index (χ4v) is 2.58. The van der Waals surface area contributed by atoms with Crippen molar-refractivity contribution in [3.05, 3.63) is 63.1 Å². The van der Waals surface area contributed by atoms with E-state index in [1.165, 1.54) is 12.1 Å². The van der Waals surface area contributed by atoms with Crippen molar-refractivity contribution in [2.45, 2.75) is 19.1 Å². The van der Waals surface area contributed by atoms with E-state index in [2.05, 4.69) is 21.2 Å². The molecule has 21 heavy (non-hydrogen) atoms. The van der Waals surface area contributed by atoms with E-state index in [1.807, 2.05) is 31.2 Å². The second kappa shape index (κ2) is 6.28. The summed E-state index contributed by atoms with van der Waals surface area (Å²) in [6.45, 7) is 1.88. The lowest BCUT2D eigenvalue weighted by Gasteiger charge is -2.18. The molecule has 2 aromatic rings. The maximum Gasteiger partial charge on any atom is 0.417 e. The molecule has 2 rings (SSSR count). The highest BCUT2D eigenvalue weighted by molar-refractivity contribution is 9.10. The van der Waals surface area contributed by atoms with E-state index in [4.69, 9.17) is 11.6 Å². The van der Waals surface area contributed by atoms with Gasteiger partial charge in [0, 0.05) is 16.2 Å². The van der Waals surface area contributed by atoms with Gasteiger partial charge in [-0.1, -0.05) is 39.7 Å². The van der Waals surface area contributed by atoms with Crippen molar-refractivity contribution in [1.29, 1.82) is 0 Å². The van der Waals surface area contributed by atoms with Crippen LogP contribution in [0, 0.1) is 0 Å². The minimum Gasteiger partial charge on any atom is -0.379 e. The Morgan fingerprint density at radius 3 is 2.48 bits per heavy atom. The van der Waals surface area contributed by atoms with E-state index >= 15 is 0 Å². The van der Waals surface area contributed by atoms with E-state index < -0.39 is 11.7 Å². The molecular formula is C15H12BrClF3N. The average Bonchev–Trinajstić information content (AvgIpc) is 2.39. The van der Waals surface area contributed by atoms with Crippen LogP contribution in [0.15, 0.2) is 46.9 Å². The SMILES string of the molecule is CC(Nc1ccc(Cl)c(C(F)(F)F)c1)c1cccc(Br)c1. The smallest absolute Gasteiger partial charge is 0.379 e. The summed E-state index contributed by atoms with van der Waals surface area (Å²) in [4.78, 5) is 0. The van der Waals surface area contributed by atoms with Gasteiger partial charge in [0.05, 0.1) is 10.6 Å². The third-order valence-corrected chi connectivity index (χ3v) is 3.83.